The SMILES string of the molecule is O=C(NCC1CN(Cc2ccccc2)CCO1)Nc1cc(Cl)ccc1N1CCOCC1. The Labute approximate surface area is 188 Å². The molecule has 0 saturated carbocycles. The molecule has 2 aromatic carbocycles. The van der Waals surface area contributed by atoms with E-state index in [-0.39, 0.29) is 12.1 Å². The molecule has 0 aromatic heterocycles. The third-order valence-electron chi connectivity index (χ3n) is 5.52. The molecule has 8 heteroatoms. The molecule has 0 radical (unpaired) electrons. The first-order chi connectivity index (χ1) is 15.2. The van der Waals surface area contributed by atoms with Gasteiger partial charge in [-0.05, 0) is 23.8 Å². The number of carbonyl (C=O) groups is 1. The summed E-state index contributed by atoms with van der Waals surface area (Å²) < 4.78 is 11.3. The molecule has 2 fully saturated rings. The van der Waals surface area contributed by atoms with Gasteiger partial charge in [-0.15, -0.1) is 0 Å². The van der Waals surface area contributed by atoms with Gasteiger partial charge in [0.2, 0.25) is 0 Å². The van der Waals surface area contributed by atoms with Gasteiger partial charge in [0.1, 0.15) is 0 Å². The molecule has 1 atom stereocenters. The maximum atomic E-state index is 12.6. The summed E-state index contributed by atoms with van der Waals surface area (Å²) in [6.45, 7) is 6.59. The summed E-state index contributed by atoms with van der Waals surface area (Å²) in [4.78, 5) is 17.1. The lowest BCUT2D eigenvalue weighted by molar-refractivity contribution is -0.0285. The van der Waals surface area contributed by atoms with Gasteiger partial charge < -0.3 is 25.0 Å². The Morgan fingerprint density at radius 1 is 1.06 bits per heavy atom. The van der Waals surface area contributed by atoms with E-state index >= 15 is 0 Å². The van der Waals surface area contributed by atoms with E-state index < -0.39 is 0 Å². The first-order valence-corrected chi connectivity index (χ1v) is 11.1. The summed E-state index contributed by atoms with van der Waals surface area (Å²) in [5, 5.41) is 6.48. The Hall–Kier alpha value is -2.32. The molecule has 2 heterocycles. The minimum atomic E-state index is -0.263. The molecule has 2 N–H and O–H groups in total. The van der Waals surface area contributed by atoms with Crippen molar-refractivity contribution >= 4 is 29.0 Å². The molecule has 31 heavy (non-hydrogen) atoms. The molecule has 0 aliphatic carbocycles. The Morgan fingerprint density at radius 3 is 2.68 bits per heavy atom. The summed E-state index contributed by atoms with van der Waals surface area (Å²) in [5.41, 5.74) is 2.93. The van der Waals surface area contributed by atoms with Gasteiger partial charge in [0.25, 0.3) is 0 Å². The van der Waals surface area contributed by atoms with Gasteiger partial charge in [-0.25, -0.2) is 4.79 Å². The fourth-order valence-corrected chi connectivity index (χ4v) is 4.12. The Bertz CT molecular complexity index is 861. The van der Waals surface area contributed by atoms with Gasteiger partial charge in [-0.1, -0.05) is 41.9 Å². The lowest BCUT2D eigenvalue weighted by Crippen LogP contribution is -2.47. The van der Waals surface area contributed by atoms with Crippen LogP contribution in [-0.4, -0.2) is 69.6 Å². The van der Waals surface area contributed by atoms with E-state index in [1.54, 1.807) is 6.07 Å². The molecule has 7 nitrogen and oxygen atoms in total. The number of anilines is 2. The number of rotatable bonds is 6. The van der Waals surface area contributed by atoms with Crippen molar-refractivity contribution in [3.8, 4) is 0 Å². The highest BCUT2D eigenvalue weighted by molar-refractivity contribution is 6.31. The lowest BCUT2D eigenvalue weighted by Gasteiger charge is -2.33. The number of hydrogen-bond donors (Lipinski definition) is 2. The number of hydrogen-bond acceptors (Lipinski definition) is 5. The van der Waals surface area contributed by atoms with Gasteiger partial charge in [-0.2, -0.15) is 0 Å². The number of nitrogens with one attached hydrogen (secondary N) is 2. The van der Waals surface area contributed by atoms with Crippen molar-refractivity contribution in [3.05, 3.63) is 59.1 Å². The fraction of sp³-hybridized carbons (Fsp3) is 0.435. The van der Waals surface area contributed by atoms with Crippen molar-refractivity contribution in [1.82, 2.24) is 10.2 Å². The first-order valence-electron chi connectivity index (χ1n) is 10.7. The highest BCUT2D eigenvalue weighted by atomic mass is 35.5. The topological polar surface area (TPSA) is 66.1 Å². The van der Waals surface area contributed by atoms with Crippen molar-refractivity contribution < 1.29 is 14.3 Å². The van der Waals surface area contributed by atoms with E-state index in [0.29, 0.717) is 37.1 Å². The number of benzene rings is 2. The first kappa shape index (κ1) is 21.9. The molecule has 2 amide bonds. The Kier molecular flexibility index (Phi) is 7.64. The second-order valence-corrected chi connectivity index (χ2v) is 8.25. The van der Waals surface area contributed by atoms with Gasteiger partial charge in [0.05, 0.1) is 37.3 Å². The number of halogens is 1. The minimum Gasteiger partial charge on any atom is -0.378 e. The quantitative estimate of drug-likeness (QED) is 0.716. The number of amides is 2. The molecule has 2 saturated heterocycles. The summed E-state index contributed by atoms with van der Waals surface area (Å²) in [6, 6.07) is 15.7. The van der Waals surface area contributed by atoms with Crippen LogP contribution in [0.3, 0.4) is 0 Å². The number of urea groups is 1. The van der Waals surface area contributed by atoms with Gasteiger partial charge >= 0.3 is 6.03 Å². The fourth-order valence-electron chi connectivity index (χ4n) is 3.95. The van der Waals surface area contributed by atoms with E-state index in [0.717, 1.165) is 38.4 Å². The van der Waals surface area contributed by atoms with Crippen LogP contribution in [0.5, 0.6) is 0 Å². The van der Waals surface area contributed by atoms with E-state index in [1.165, 1.54) is 5.56 Å². The molecule has 2 aliphatic heterocycles. The molecule has 2 aliphatic rings. The molecule has 4 rings (SSSR count). The van der Waals surface area contributed by atoms with Crippen LogP contribution >= 0.6 is 11.6 Å². The average Bonchev–Trinajstić information content (AvgIpc) is 2.79. The van der Waals surface area contributed by atoms with Crippen LogP contribution in [0.25, 0.3) is 0 Å². The second-order valence-electron chi connectivity index (χ2n) is 7.81. The Morgan fingerprint density at radius 2 is 1.87 bits per heavy atom. The lowest BCUT2D eigenvalue weighted by atomic mass is 10.2. The monoisotopic (exact) mass is 444 g/mol. The van der Waals surface area contributed by atoms with E-state index in [2.05, 4.69) is 44.7 Å². The molecule has 2 aromatic rings. The van der Waals surface area contributed by atoms with E-state index in [1.807, 2.05) is 18.2 Å². The van der Waals surface area contributed by atoms with Crippen molar-refractivity contribution in [2.24, 2.45) is 0 Å². The van der Waals surface area contributed by atoms with Crippen LogP contribution < -0.4 is 15.5 Å². The molecule has 166 valence electrons. The standard InChI is InChI=1S/C23H29ClN4O3/c24-19-6-7-22(28-9-11-30-12-10-28)21(14-19)26-23(29)25-15-20-17-27(8-13-31-20)16-18-4-2-1-3-5-18/h1-7,14,20H,8-13,15-17H2,(H2,25,26,29). The maximum absolute atomic E-state index is 12.6. The molecular weight excluding hydrogens is 416 g/mol. The highest BCUT2D eigenvalue weighted by Crippen LogP contribution is 2.29. The zero-order valence-corrected chi connectivity index (χ0v) is 18.3. The van der Waals surface area contributed by atoms with Crippen LogP contribution in [0.1, 0.15) is 5.56 Å². The zero-order valence-electron chi connectivity index (χ0n) is 17.6. The number of morpholine rings is 2. The number of ether oxygens (including phenoxy) is 2. The maximum Gasteiger partial charge on any atom is 0.319 e. The summed E-state index contributed by atoms with van der Waals surface area (Å²) in [5.74, 6) is 0. The summed E-state index contributed by atoms with van der Waals surface area (Å²) in [7, 11) is 0. The average molecular weight is 445 g/mol. The summed E-state index contributed by atoms with van der Waals surface area (Å²) >= 11 is 6.18. The number of carbonyl (C=O) groups excluding carboxylic acids is 1. The number of nitrogens with zero attached hydrogens (tertiary/aromatic N) is 2. The normalized spacial score (nSPS) is 19.8. The molecule has 0 bridgehead atoms. The van der Waals surface area contributed by atoms with Crippen molar-refractivity contribution in [2.75, 3.05) is 62.8 Å². The summed E-state index contributed by atoms with van der Waals surface area (Å²) in [6.07, 6.45) is -0.0405. The highest BCUT2D eigenvalue weighted by Gasteiger charge is 2.22. The Balaban J connectivity index is 1.29. The third-order valence-corrected chi connectivity index (χ3v) is 5.76. The molecule has 0 spiro atoms. The van der Waals surface area contributed by atoms with Gasteiger partial charge in [0.15, 0.2) is 0 Å². The van der Waals surface area contributed by atoms with Gasteiger partial charge in [-0.3, -0.25) is 4.90 Å². The van der Waals surface area contributed by atoms with Gasteiger partial charge in [0, 0.05) is 44.3 Å². The second kappa shape index (κ2) is 10.8. The van der Waals surface area contributed by atoms with Crippen LogP contribution in [0.4, 0.5) is 16.2 Å². The molecule has 1 unspecified atom stereocenters. The van der Waals surface area contributed by atoms with Crippen molar-refractivity contribution in [2.45, 2.75) is 12.6 Å². The van der Waals surface area contributed by atoms with Crippen LogP contribution in [0.15, 0.2) is 48.5 Å². The largest absolute Gasteiger partial charge is 0.378 e. The predicted octanol–water partition coefficient (Wildman–Crippen LogP) is 3.20. The smallest absolute Gasteiger partial charge is 0.319 e. The minimum absolute atomic E-state index is 0.0405. The van der Waals surface area contributed by atoms with Crippen LogP contribution in [0.2, 0.25) is 5.02 Å². The van der Waals surface area contributed by atoms with E-state index in [9.17, 15) is 4.79 Å². The third kappa shape index (κ3) is 6.33. The van der Waals surface area contributed by atoms with Crippen molar-refractivity contribution in [1.29, 1.82) is 0 Å². The zero-order chi connectivity index (χ0) is 21.5. The van der Waals surface area contributed by atoms with E-state index in [4.69, 9.17) is 21.1 Å². The molecular formula is C23H29ClN4O3. The predicted molar refractivity (Wildman–Crippen MR) is 123 cm³/mol. The van der Waals surface area contributed by atoms with Crippen LogP contribution in [0, 0.1) is 0 Å². The van der Waals surface area contributed by atoms with Crippen molar-refractivity contribution in [3.63, 3.8) is 0 Å². The van der Waals surface area contributed by atoms with Crippen LogP contribution in [-0.2, 0) is 16.0 Å².